The normalized spacial score (nSPS) is 12.7. The average molecular weight is 302 g/mol. The van der Waals surface area contributed by atoms with Gasteiger partial charge in [0.25, 0.3) is 0 Å². The maximum atomic E-state index is 6.25. The molecule has 2 rings (SSSR count). The van der Waals surface area contributed by atoms with Gasteiger partial charge in [0.2, 0.25) is 0 Å². The van der Waals surface area contributed by atoms with E-state index in [4.69, 9.17) is 11.6 Å². The lowest BCUT2D eigenvalue weighted by Gasteiger charge is -2.20. The van der Waals surface area contributed by atoms with E-state index in [1.165, 1.54) is 16.7 Å². The molecule has 1 N–H and O–H groups in total. The first kappa shape index (κ1) is 16.1. The molecule has 1 atom stereocenters. The molecular weight excluding hydrogens is 278 g/mol. The second-order valence-corrected chi connectivity index (χ2v) is 6.30. The summed E-state index contributed by atoms with van der Waals surface area (Å²) < 4.78 is 0. The van der Waals surface area contributed by atoms with E-state index in [9.17, 15) is 0 Å². The van der Waals surface area contributed by atoms with Gasteiger partial charge in [-0.3, -0.25) is 0 Å². The van der Waals surface area contributed by atoms with Crippen LogP contribution in [0.3, 0.4) is 0 Å². The molecule has 0 amide bonds. The van der Waals surface area contributed by atoms with Crippen molar-refractivity contribution in [2.24, 2.45) is 0 Å². The molecule has 0 fully saturated rings. The molecule has 0 aliphatic heterocycles. The minimum atomic E-state index is 0.286. The quantitative estimate of drug-likeness (QED) is 0.792. The monoisotopic (exact) mass is 301 g/mol. The molecule has 0 aliphatic rings. The van der Waals surface area contributed by atoms with Crippen molar-refractivity contribution < 1.29 is 0 Å². The van der Waals surface area contributed by atoms with E-state index in [0.717, 1.165) is 17.0 Å². The van der Waals surface area contributed by atoms with Gasteiger partial charge in [0, 0.05) is 11.1 Å². The number of benzene rings is 2. The fraction of sp³-hybridized carbons (Fsp3) is 0.368. The van der Waals surface area contributed by atoms with Crippen molar-refractivity contribution in [2.45, 2.75) is 39.2 Å². The van der Waals surface area contributed by atoms with Gasteiger partial charge in [0.05, 0.1) is 0 Å². The standard InChI is InChI=1S/C19H24ClN/c1-13(2)16-10-8-15(9-11-16)12-19(21-4)17-6-5-7-18(20)14(17)3/h5-11,13,19,21H,12H2,1-4H3. The third-order valence-corrected chi connectivity index (χ3v) is 4.53. The summed E-state index contributed by atoms with van der Waals surface area (Å²) in [6, 6.07) is 15.4. The minimum Gasteiger partial charge on any atom is -0.313 e. The van der Waals surface area contributed by atoms with Gasteiger partial charge >= 0.3 is 0 Å². The number of nitrogens with one attached hydrogen (secondary N) is 1. The highest BCUT2D eigenvalue weighted by Crippen LogP contribution is 2.27. The van der Waals surface area contributed by atoms with Crippen molar-refractivity contribution in [1.29, 1.82) is 0 Å². The Labute approximate surface area is 133 Å². The zero-order chi connectivity index (χ0) is 15.4. The van der Waals surface area contributed by atoms with Gasteiger partial charge in [-0.25, -0.2) is 0 Å². The molecule has 0 radical (unpaired) electrons. The summed E-state index contributed by atoms with van der Waals surface area (Å²) in [5.74, 6) is 0.578. The van der Waals surface area contributed by atoms with Crippen molar-refractivity contribution >= 4 is 11.6 Å². The highest BCUT2D eigenvalue weighted by molar-refractivity contribution is 6.31. The van der Waals surface area contributed by atoms with Crippen LogP contribution in [-0.2, 0) is 6.42 Å². The maximum Gasteiger partial charge on any atom is 0.0438 e. The Morgan fingerprint density at radius 1 is 1.05 bits per heavy atom. The third-order valence-electron chi connectivity index (χ3n) is 4.12. The van der Waals surface area contributed by atoms with Gasteiger partial charge in [0.15, 0.2) is 0 Å². The lowest BCUT2D eigenvalue weighted by Crippen LogP contribution is -2.20. The highest BCUT2D eigenvalue weighted by atomic mass is 35.5. The van der Waals surface area contributed by atoms with Crippen LogP contribution in [-0.4, -0.2) is 7.05 Å². The summed E-state index contributed by atoms with van der Waals surface area (Å²) in [6.45, 7) is 6.53. The van der Waals surface area contributed by atoms with Crippen LogP contribution in [0.1, 0.15) is 48.1 Å². The van der Waals surface area contributed by atoms with E-state index in [0.29, 0.717) is 5.92 Å². The summed E-state index contributed by atoms with van der Waals surface area (Å²) >= 11 is 6.25. The van der Waals surface area contributed by atoms with Gasteiger partial charge in [-0.1, -0.05) is 61.8 Å². The van der Waals surface area contributed by atoms with Crippen LogP contribution in [0.5, 0.6) is 0 Å². The maximum absolute atomic E-state index is 6.25. The lowest BCUT2D eigenvalue weighted by molar-refractivity contribution is 0.589. The van der Waals surface area contributed by atoms with E-state index in [-0.39, 0.29) is 6.04 Å². The van der Waals surface area contributed by atoms with Gasteiger partial charge < -0.3 is 5.32 Å². The molecular formula is C19H24ClN. The van der Waals surface area contributed by atoms with Crippen molar-refractivity contribution in [2.75, 3.05) is 7.05 Å². The van der Waals surface area contributed by atoms with E-state index >= 15 is 0 Å². The molecule has 2 aromatic rings. The molecule has 2 aromatic carbocycles. The Hall–Kier alpha value is -1.31. The zero-order valence-corrected chi connectivity index (χ0v) is 14.0. The Balaban J connectivity index is 2.21. The highest BCUT2D eigenvalue weighted by Gasteiger charge is 2.14. The average Bonchev–Trinajstić information content (AvgIpc) is 2.48. The molecule has 0 spiro atoms. The zero-order valence-electron chi connectivity index (χ0n) is 13.3. The molecule has 0 bridgehead atoms. The van der Waals surface area contributed by atoms with Gasteiger partial charge in [-0.2, -0.15) is 0 Å². The van der Waals surface area contributed by atoms with E-state index in [2.05, 4.69) is 56.4 Å². The molecule has 1 nitrogen and oxygen atoms in total. The molecule has 1 unspecified atom stereocenters. The predicted octanol–water partition coefficient (Wildman–Crippen LogP) is 5.28. The third kappa shape index (κ3) is 3.87. The van der Waals surface area contributed by atoms with Crippen LogP contribution in [0.25, 0.3) is 0 Å². The van der Waals surface area contributed by atoms with Gasteiger partial charge in [-0.15, -0.1) is 0 Å². The Bertz CT molecular complexity index is 587. The second kappa shape index (κ2) is 7.11. The molecule has 2 heteroatoms. The largest absolute Gasteiger partial charge is 0.313 e. The fourth-order valence-corrected chi connectivity index (χ4v) is 2.83. The summed E-state index contributed by atoms with van der Waals surface area (Å²) in [5, 5.41) is 4.25. The summed E-state index contributed by atoms with van der Waals surface area (Å²) in [4.78, 5) is 0. The first-order valence-electron chi connectivity index (χ1n) is 7.54. The topological polar surface area (TPSA) is 12.0 Å². The molecule has 0 aromatic heterocycles. The Morgan fingerprint density at radius 2 is 1.71 bits per heavy atom. The Morgan fingerprint density at radius 3 is 2.29 bits per heavy atom. The second-order valence-electron chi connectivity index (χ2n) is 5.90. The summed E-state index contributed by atoms with van der Waals surface area (Å²) in [5.41, 5.74) is 5.17. The van der Waals surface area contributed by atoms with Crippen molar-refractivity contribution in [1.82, 2.24) is 5.32 Å². The van der Waals surface area contributed by atoms with Crippen LogP contribution in [0.2, 0.25) is 5.02 Å². The molecule has 0 saturated carbocycles. The van der Waals surface area contributed by atoms with Crippen molar-refractivity contribution in [3.63, 3.8) is 0 Å². The number of hydrogen-bond donors (Lipinski definition) is 1. The van der Waals surface area contributed by atoms with Crippen molar-refractivity contribution in [3.05, 3.63) is 69.7 Å². The van der Waals surface area contributed by atoms with Crippen LogP contribution >= 0.6 is 11.6 Å². The van der Waals surface area contributed by atoms with Gasteiger partial charge in [0.1, 0.15) is 0 Å². The fourth-order valence-electron chi connectivity index (χ4n) is 2.64. The molecule has 0 saturated heterocycles. The smallest absolute Gasteiger partial charge is 0.0438 e. The molecule has 0 heterocycles. The molecule has 21 heavy (non-hydrogen) atoms. The first-order chi connectivity index (χ1) is 10.0. The predicted molar refractivity (Wildman–Crippen MR) is 92.2 cm³/mol. The van der Waals surface area contributed by atoms with Crippen LogP contribution in [0.4, 0.5) is 0 Å². The number of rotatable bonds is 5. The van der Waals surface area contributed by atoms with Crippen LogP contribution < -0.4 is 5.32 Å². The summed E-state index contributed by atoms with van der Waals surface area (Å²) in [6.07, 6.45) is 0.968. The van der Waals surface area contributed by atoms with Gasteiger partial charge in [-0.05, 0) is 54.6 Å². The minimum absolute atomic E-state index is 0.286. The number of hydrogen-bond acceptors (Lipinski definition) is 1. The van der Waals surface area contributed by atoms with E-state index in [1.807, 2.05) is 19.2 Å². The Kier molecular flexibility index (Phi) is 5.44. The lowest BCUT2D eigenvalue weighted by atomic mass is 9.94. The summed E-state index contributed by atoms with van der Waals surface area (Å²) in [7, 11) is 2.01. The van der Waals surface area contributed by atoms with E-state index < -0.39 is 0 Å². The number of halogens is 1. The SMILES string of the molecule is CNC(Cc1ccc(C(C)C)cc1)c1cccc(Cl)c1C. The van der Waals surface area contributed by atoms with Crippen LogP contribution in [0, 0.1) is 6.92 Å². The van der Waals surface area contributed by atoms with E-state index in [1.54, 1.807) is 0 Å². The van der Waals surface area contributed by atoms with Crippen molar-refractivity contribution in [3.8, 4) is 0 Å². The number of likely N-dealkylation sites (N-methyl/N-ethyl adjacent to an activating group) is 1. The van der Waals surface area contributed by atoms with Crippen LogP contribution in [0.15, 0.2) is 42.5 Å². The molecule has 112 valence electrons. The molecule has 0 aliphatic carbocycles. The first-order valence-corrected chi connectivity index (χ1v) is 7.91.